The van der Waals surface area contributed by atoms with Crippen LogP contribution in [0.15, 0.2) is 0 Å². The van der Waals surface area contributed by atoms with Gasteiger partial charge in [0.1, 0.15) is 0 Å². The summed E-state index contributed by atoms with van der Waals surface area (Å²) < 4.78 is 11.6. The molecule has 0 bridgehead atoms. The van der Waals surface area contributed by atoms with Crippen molar-refractivity contribution in [1.29, 1.82) is 0 Å². The number of rotatable bonds is 13. The molecule has 0 aromatic heterocycles. The van der Waals surface area contributed by atoms with Crippen molar-refractivity contribution >= 4 is 18.4 Å². The van der Waals surface area contributed by atoms with Gasteiger partial charge >= 0.3 is 151 Å². The summed E-state index contributed by atoms with van der Waals surface area (Å²) in [6.07, 6.45) is 11.5. The molecule has 1 aliphatic heterocycles. The Kier molecular flexibility index (Phi) is 12.3. The van der Waals surface area contributed by atoms with E-state index in [-0.39, 0.29) is 0 Å². The molecule has 0 N–H and O–H groups in total. The Morgan fingerprint density at radius 1 is 0.783 bits per heavy atom. The fourth-order valence-corrected chi connectivity index (χ4v) is 24.1. The average Bonchev–Trinajstić information content (AvgIpc) is 2.60. The number of hydrogen-bond acceptors (Lipinski definition) is 2. The molecule has 1 atom stereocenters. The van der Waals surface area contributed by atoms with Crippen molar-refractivity contribution < 1.29 is 4.74 Å². The predicted octanol–water partition coefficient (Wildman–Crippen LogP) is 5.88. The summed E-state index contributed by atoms with van der Waals surface area (Å²) in [5.41, 5.74) is 0. The van der Waals surface area contributed by atoms with Crippen molar-refractivity contribution in [3.05, 3.63) is 0 Å². The van der Waals surface area contributed by atoms with E-state index in [0.717, 1.165) is 17.3 Å². The Balaban J connectivity index is 2.98. The van der Waals surface area contributed by atoms with Gasteiger partial charge in [-0.2, -0.15) is 0 Å². The molecule has 1 fully saturated rings. The number of ether oxygens (including phenoxy) is 1. The zero-order valence-electron chi connectivity index (χ0n) is 16.5. The molecule has 0 saturated carbocycles. The third kappa shape index (κ3) is 7.23. The molecule has 0 aromatic carbocycles. The topological polar surface area (TPSA) is 12.5 Å². The molecule has 1 heterocycles. The standard InChI is InChI=1S/C8H16NO.3C4H9.Sn/c1-2-3-4-9-5-7-10-8-6-9;3*1-3-4-2;/h4H,2-3,5-8H2,1H3;3*1,3-4H2,2H3;. The van der Waals surface area contributed by atoms with Gasteiger partial charge in [-0.05, 0) is 0 Å². The molecule has 1 rings (SSSR count). The SMILES string of the molecule is CCC[CH2][Sn]([CH2]CCC)([CH2]CCC)[CH](CCC)N1CCOCC1. The quantitative estimate of drug-likeness (QED) is 0.337. The van der Waals surface area contributed by atoms with E-state index < -0.39 is 18.4 Å². The summed E-state index contributed by atoms with van der Waals surface area (Å²) in [6, 6.07) is 0. The number of morpholine rings is 1. The summed E-state index contributed by atoms with van der Waals surface area (Å²) in [5.74, 6) is 0. The fourth-order valence-electron chi connectivity index (χ4n) is 4.50. The van der Waals surface area contributed by atoms with E-state index in [2.05, 4.69) is 32.6 Å². The molecule has 0 spiro atoms. The minimum absolute atomic E-state index is 0.970. The number of hydrogen-bond donors (Lipinski definition) is 0. The summed E-state index contributed by atoms with van der Waals surface area (Å²) in [4.78, 5) is 2.89. The monoisotopic (exact) mass is 433 g/mol. The van der Waals surface area contributed by atoms with Crippen LogP contribution in [-0.2, 0) is 4.74 Å². The van der Waals surface area contributed by atoms with Crippen LogP contribution in [-0.4, -0.2) is 53.6 Å². The van der Waals surface area contributed by atoms with Crippen LogP contribution < -0.4 is 0 Å². The molecule has 1 aliphatic rings. The Bertz CT molecular complexity index is 257. The van der Waals surface area contributed by atoms with E-state index in [9.17, 15) is 0 Å². The van der Waals surface area contributed by atoms with Gasteiger partial charge in [-0.15, -0.1) is 0 Å². The molecular weight excluding hydrogens is 389 g/mol. The summed E-state index contributed by atoms with van der Waals surface area (Å²) in [7, 11) is 0. The summed E-state index contributed by atoms with van der Waals surface area (Å²) >= 11 is -2.14. The van der Waals surface area contributed by atoms with E-state index >= 15 is 0 Å². The van der Waals surface area contributed by atoms with Crippen LogP contribution in [0.25, 0.3) is 0 Å². The zero-order chi connectivity index (χ0) is 17.0. The molecule has 23 heavy (non-hydrogen) atoms. The predicted molar refractivity (Wildman–Crippen MR) is 106 cm³/mol. The van der Waals surface area contributed by atoms with Gasteiger partial charge in [-0.25, -0.2) is 0 Å². The van der Waals surface area contributed by atoms with E-state index in [4.69, 9.17) is 4.74 Å². The van der Waals surface area contributed by atoms with Gasteiger partial charge in [0.25, 0.3) is 0 Å². The minimum atomic E-state index is -2.14. The van der Waals surface area contributed by atoms with Crippen molar-refractivity contribution in [3.63, 3.8) is 0 Å². The van der Waals surface area contributed by atoms with Crippen molar-refractivity contribution in [2.75, 3.05) is 26.3 Å². The van der Waals surface area contributed by atoms with Crippen LogP contribution in [0.5, 0.6) is 0 Å². The average molecular weight is 432 g/mol. The Morgan fingerprint density at radius 2 is 1.26 bits per heavy atom. The maximum absolute atomic E-state index is 5.67. The van der Waals surface area contributed by atoms with Gasteiger partial charge in [0.2, 0.25) is 0 Å². The van der Waals surface area contributed by atoms with Gasteiger partial charge < -0.3 is 0 Å². The second-order valence-corrected chi connectivity index (χ2v) is 21.6. The Labute approximate surface area is 150 Å². The first-order valence-electron chi connectivity index (χ1n) is 10.6. The number of unbranched alkanes of at least 4 members (excludes halogenated alkanes) is 3. The van der Waals surface area contributed by atoms with Crippen LogP contribution >= 0.6 is 0 Å². The van der Waals surface area contributed by atoms with E-state index in [1.165, 1.54) is 64.5 Å². The first-order chi connectivity index (χ1) is 11.2. The molecule has 1 unspecified atom stereocenters. The van der Waals surface area contributed by atoms with Gasteiger partial charge in [0.05, 0.1) is 0 Å². The van der Waals surface area contributed by atoms with Gasteiger partial charge in [-0.1, -0.05) is 0 Å². The first-order valence-corrected chi connectivity index (χ1v) is 18.3. The molecule has 1 saturated heterocycles. The van der Waals surface area contributed by atoms with Crippen LogP contribution in [0.2, 0.25) is 13.3 Å². The second-order valence-electron chi connectivity index (χ2n) is 7.63. The van der Waals surface area contributed by atoms with Crippen LogP contribution in [0.4, 0.5) is 0 Å². The second kappa shape index (κ2) is 13.0. The fraction of sp³-hybridized carbons (Fsp3) is 1.00. The number of nitrogens with zero attached hydrogens (tertiary/aromatic N) is 1. The Morgan fingerprint density at radius 3 is 1.65 bits per heavy atom. The zero-order valence-corrected chi connectivity index (χ0v) is 19.4. The molecule has 0 amide bonds. The van der Waals surface area contributed by atoms with Gasteiger partial charge in [-0.3, -0.25) is 0 Å². The van der Waals surface area contributed by atoms with Gasteiger partial charge in [0, 0.05) is 0 Å². The van der Waals surface area contributed by atoms with E-state index in [0.29, 0.717) is 0 Å². The summed E-state index contributed by atoms with van der Waals surface area (Å²) in [6.45, 7) is 13.9. The molecule has 0 aliphatic carbocycles. The van der Waals surface area contributed by atoms with Gasteiger partial charge in [0.15, 0.2) is 0 Å². The molecule has 2 nitrogen and oxygen atoms in total. The van der Waals surface area contributed by atoms with E-state index in [1.807, 2.05) is 0 Å². The first kappa shape index (κ1) is 21.8. The third-order valence-corrected chi connectivity index (χ3v) is 23.3. The molecule has 138 valence electrons. The molecule has 3 heteroatoms. The summed E-state index contributed by atoms with van der Waals surface area (Å²) in [5, 5.41) is 0. The Hall–Kier alpha value is 0.719. The van der Waals surface area contributed by atoms with Crippen LogP contribution in [0.1, 0.15) is 79.1 Å². The van der Waals surface area contributed by atoms with E-state index in [1.54, 1.807) is 13.3 Å². The normalized spacial score (nSPS) is 18.3. The molecule has 0 radical (unpaired) electrons. The molecular formula is C20H43NOSn. The van der Waals surface area contributed by atoms with Crippen LogP contribution in [0, 0.1) is 0 Å². The maximum atomic E-state index is 5.67. The van der Waals surface area contributed by atoms with Crippen molar-refractivity contribution in [2.45, 2.75) is 96.4 Å². The van der Waals surface area contributed by atoms with Crippen LogP contribution in [0.3, 0.4) is 0 Å². The van der Waals surface area contributed by atoms with Crippen molar-refractivity contribution in [1.82, 2.24) is 4.90 Å². The van der Waals surface area contributed by atoms with Crippen molar-refractivity contribution in [2.24, 2.45) is 0 Å². The molecule has 0 aromatic rings. The van der Waals surface area contributed by atoms with Crippen molar-refractivity contribution in [3.8, 4) is 0 Å². The third-order valence-electron chi connectivity index (χ3n) is 5.84.